The van der Waals surface area contributed by atoms with Crippen LogP contribution in [0.2, 0.25) is 0 Å². The van der Waals surface area contributed by atoms with Gasteiger partial charge < -0.3 is 78.1 Å². The fraction of sp³-hybridized carbons (Fsp3) is 0.486. The van der Waals surface area contributed by atoms with E-state index in [4.69, 9.17) is 25.6 Å². The van der Waals surface area contributed by atoms with Crippen molar-refractivity contribution in [3.8, 4) is 11.3 Å². The summed E-state index contributed by atoms with van der Waals surface area (Å²) in [5.74, 6) is -1.04. The first kappa shape index (κ1) is 106. The second-order valence-corrected chi connectivity index (χ2v) is 38.0. The molecule has 17 rings (SSSR count). The fourth-order valence-electron chi connectivity index (χ4n) is 19.6. The number of ketones is 2. The molecule has 9 aliphatic rings. The van der Waals surface area contributed by atoms with Crippen LogP contribution in [0, 0.1) is 57.8 Å². The van der Waals surface area contributed by atoms with Crippen LogP contribution in [0.1, 0.15) is 234 Å². The van der Waals surface area contributed by atoms with Crippen molar-refractivity contribution in [2.24, 2.45) is 33.7 Å². The van der Waals surface area contributed by atoms with Gasteiger partial charge in [0.15, 0.2) is 11.5 Å². The van der Waals surface area contributed by atoms with Gasteiger partial charge in [-0.15, -0.1) is 0 Å². The number of aromatic nitrogens is 11. The number of amides is 4. The molecule has 35 nitrogen and oxygen atoms in total. The lowest BCUT2D eigenvalue weighted by Crippen LogP contribution is -2.50. The SMILES string of the molecule is C/C=C(\CCC)C(NC1=CC(C=N)C(N)C=C1N1CCO[C@@H](C)C1)c1cn[nH]c1C.C/C=C(\CCC)C(NC1=CC2C=NNC2C=C1N1CCN[C@@H](C)C1)c1cn[nH]c1C.CC(=O)NCCNC(=O)c1n[nH]c2ccc3nc(-c4cn[nH]c4C)c4c(c3c12)CCCC4.CCCC/C=C/C(N/C=C/C1C=NNC1/C=C/N1CCO[C@H](C)C1)c1cn[nH]c1C.Cc1cccc(C(=O)N(C=O)C2CCC(=O)CC2=O)c1. The number of nitrogens with zero attached hydrogens (tertiary/aromatic N) is 12. The molecule has 758 valence electrons. The Labute approximate surface area is 833 Å². The van der Waals surface area contributed by atoms with Crippen LogP contribution in [0.25, 0.3) is 33.1 Å². The van der Waals surface area contributed by atoms with Crippen molar-refractivity contribution in [3.63, 3.8) is 0 Å². The summed E-state index contributed by atoms with van der Waals surface area (Å²) in [7, 11) is 0. The Morgan fingerprint density at radius 2 is 1.35 bits per heavy atom. The van der Waals surface area contributed by atoms with Crippen LogP contribution in [0.3, 0.4) is 0 Å². The average molecular weight is 1940 g/mol. The Morgan fingerprint density at radius 1 is 0.690 bits per heavy atom. The Balaban J connectivity index is 0.000000150. The first-order valence-corrected chi connectivity index (χ1v) is 50.6. The number of carbonyl (C=O) groups is 6. The zero-order chi connectivity index (χ0) is 101. The number of aromatic amines is 5. The molecule has 142 heavy (non-hydrogen) atoms. The fourth-order valence-corrected chi connectivity index (χ4v) is 19.6. The highest BCUT2D eigenvalue weighted by Crippen LogP contribution is 2.41. The summed E-state index contributed by atoms with van der Waals surface area (Å²) in [5.41, 5.74) is 35.7. The molecule has 4 fully saturated rings. The molecule has 11 heterocycles. The molecule has 8 aromatic rings. The second-order valence-electron chi connectivity index (χ2n) is 38.0. The average Bonchev–Trinajstić information content (AvgIpc) is 1.46. The van der Waals surface area contributed by atoms with Gasteiger partial charge in [-0.25, -0.2) is 4.98 Å². The molecule has 0 spiro atoms. The molecule has 10 unspecified atom stereocenters. The van der Waals surface area contributed by atoms with Gasteiger partial charge in [-0.3, -0.25) is 59.2 Å². The molecule has 1 saturated carbocycles. The summed E-state index contributed by atoms with van der Waals surface area (Å²) < 4.78 is 11.4. The Bertz CT molecular complexity index is 5940. The first-order chi connectivity index (χ1) is 68.8. The lowest BCUT2D eigenvalue weighted by Gasteiger charge is -2.39. The largest absolute Gasteiger partial charge is 0.381 e. The van der Waals surface area contributed by atoms with Gasteiger partial charge in [0.25, 0.3) is 11.8 Å². The number of Topliss-reactive ketones (excluding diaryl/α,β-unsaturated/α-hetero) is 2. The van der Waals surface area contributed by atoms with E-state index in [1.807, 2.05) is 75.5 Å². The van der Waals surface area contributed by atoms with Gasteiger partial charge in [-0.1, -0.05) is 94.5 Å². The number of piperazine rings is 1. The van der Waals surface area contributed by atoms with Crippen molar-refractivity contribution >= 4 is 76.1 Å². The number of hydrogen-bond donors (Lipinski definition) is 15. The maximum atomic E-state index is 12.9. The number of allylic oxidation sites excluding steroid dienone is 3. The highest BCUT2D eigenvalue weighted by atomic mass is 16.5. The van der Waals surface area contributed by atoms with Crippen molar-refractivity contribution < 1.29 is 38.2 Å². The van der Waals surface area contributed by atoms with Gasteiger partial charge >= 0.3 is 0 Å². The van der Waals surface area contributed by atoms with E-state index in [9.17, 15) is 28.8 Å². The highest BCUT2D eigenvalue weighted by Gasteiger charge is 2.38. The predicted octanol–water partition coefficient (Wildman–Crippen LogP) is 13.2. The summed E-state index contributed by atoms with van der Waals surface area (Å²) in [6.45, 7) is 37.6. The third kappa shape index (κ3) is 27.2. The van der Waals surface area contributed by atoms with Crippen LogP contribution in [0.5, 0.6) is 0 Å². The lowest BCUT2D eigenvalue weighted by molar-refractivity contribution is -0.136. The number of H-pyrrole nitrogens is 5. The molecule has 0 bridgehead atoms. The van der Waals surface area contributed by atoms with E-state index in [-0.39, 0.29) is 109 Å². The number of fused-ring (bicyclic) bond motifs is 6. The molecule has 3 saturated heterocycles. The number of hydrazone groups is 2. The minimum absolute atomic E-state index is 0.0162. The van der Waals surface area contributed by atoms with Gasteiger partial charge in [0.1, 0.15) is 5.78 Å². The van der Waals surface area contributed by atoms with Gasteiger partial charge in [-0.05, 0) is 210 Å². The van der Waals surface area contributed by atoms with Crippen LogP contribution in [0.4, 0.5) is 0 Å². The van der Waals surface area contributed by atoms with Gasteiger partial charge in [0.05, 0.1) is 132 Å². The van der Waals surface area contributed by atoms with E-state index in [1.165, 1.54) is 70.8 Å². The lowest BCUT2D eigenvalue weighted by atomic mass is 9.85. The zero-order valence-electron chi connectivity index (χ0n) is 84.9. The second kappa shape index (κ2) is 51.8. The maximum Gasteiger partial charge on any atom is 0.272 e. The van der Waals surface area contributed by atoms with E-state index in [0.29, 0.717) is 43.4 Å². The number of carbonyl (C=O) groups excluding carboxylic acids is 6. The van der Waals surface area contributed by atoms with Crippen LogP contribution in [-0.4, -0.2) is 244 Å². The van der Waals surface area contributed by atoms with Crippen molar-refractivity contribution in [2.45, 2.75) is 247 Å². The number of pyridine rings is 1. The highest BCUT2D eigenvalue weighted by molar-refractivity contribution is 6.17. The molecule has 4 amide bonds. The Morgan fingerprint density at radius 3 is 1.97 bits per heavy atom. The van der Waals surface area contributed by atoms with E-state index in [0.717, 1.165) is 193 Å². The number of rotatable bonds is 33. The number of imide groups is 1. The summed E-state index contributed by atoms with van der Waals surface area (Å²) >= 11 is 0. The quantitative estimate of drug-likeness (QED) is 0.00597. The third-order valence-electron chi connectivity index (χ3n) is 27.3. The van der Waals surface area contributed by atoms with Crippen LogP contribution >= 0.6 is 0 Å². The molecule has 13 atom stereocenters. The maximum absolute atomic E-state index is 12.9. The number of hydrogen-bond acceptors (Lipinski definition) is 27. The first-order valence-electron chi connectivity index (χ1n) is 50.6. The van der Waals surface area contributed by atoms with Crippen LogP contribution < -0.4 is 48.5 Å². The molecule has 5 aliphatic heterocycles. The molecule has 2 aromatic carbocycles. The number of benzene rings is 2. The molecular formula is C107H147N27O8. The molecule has 0 radical (unpaired) electrons. The minimum Gasteiger partial charge on any atom is -0.381 e. The number of aryl methyl sites for hydroxylation is 6. The van der Waals surface area contributed by atoms with Crippen molar-refractivity contribution in [1.29, 1.82) is 5.41 Å². The number of nitrogens with one attached hydrogen (secondary N) is 14. The van der Waals surface area contributed by atoms with Crippen LogP contribution in [0.15, 0.2) is 178 Å². The van der Waals surface area contributed by atoms with Gasteiger partial charge in [0.2, 0.25) is 12.3 Å². The number of ether oxygens (including phenoxy) is 2. The molecular weight excluding hydrogens is 1790 g/mol. The molecule has 6 aromatic heterocycles. The molecule has 35 heteroatoms. The Kier molecular flexibility index (Phi) is 38.6. The summed E-state index contributed by atoms with van der Waals surface area (Å²) in [4.78, 5) is 83.6. The van der Waals surface area contributed by atoms with Crippen LogP contribution in [-0.2, 0) is 41.5 Å². The Hall–Kier alpha value is -13.5. The van der Waals surface area contributed by atoms with E-state index in [1.54, 1.807) is 18.2 Å². The van der Waals surface area contributed by atoms with Gasteiger partial charge in [0, 0.05) is 182 Å². The summed E-state index contributed by atoms with van der Waals surface area (Å²) in [6, 6.07) is 10.8. The zero-order valence-corrected chi connectivity index (χ0v) is 84.9. The smallest absolute Gasteiger partial charge is 0.272 e. The van der Waals surface area contributed by atoms with Crippen molar-refractivity contribution in [2.75, 3.05) is 72.1 Å². The number of nitrogens with two attached hydrogens (primary N) is 1. The topological polar surface area (TPSA) is 461 Å². The van der Waals surface area contributed by atoms with E-state index < -0.39 is 11.9 Å². The number of morpholine rings is 2. The van der Waals surface area contributed by atoms with Crippen molar-refractivity contribution in [1.82, 2.24) is 118 Å². The predicted molar refractivity (Wildman–Crippen MR) is 558 cm³/mol. The normalized spacial score (nSPS) is 22.3. The molecule has 16 N–H and O–H groups in total. The standard InChI is InChI=1S/C23H25N7O2.C23H35N7.2C23H36N6O.C15H15NO4/c1-12-16(11-26-28-12)21-15-6-4-3-5-14(15)19-17(27-21)7-8-18-20(19)22(30-29-18)23(32)25-10-9-24-13(2)31;1-5-7-17(6-2)23(19-13-26-28-16(19)4)27-21-10-18-12-25-29-20(18)11-22(21)30-9-8-24-15(3)14-30;1-5-7-17(6-2)23(19-13-26-28-16(19)4)27-21-10-18(12-24)20(25)11-22(21)29-8-9-30-15(3)14-29;1-4-5-6-7-8-23(21-16-26-27-19(21)3)24-11-9-20-15-25-28-22(20)10-12-29-13-14-30-18(2)17-29;1-10-3-2-4-11(7-10)15(20)16(9-17)13-6-5-12(18)8-14(13)19/h7-8,11H,3-6,9-10H2,1-2H3,(H,24,31)(H,25,32)(H,26,28)(H,29,30);6,10-13,15,18,20,23-24,27,29H,5,7-9,14H2,1-4H3,(H,26,28);6,10-13,15,18,20,23-24,27H,5,7-9,14,25H2,1-4H3,(H,26,28);7-12,15-16,18,20,22-24,28H,4-6,13-14,17H2,1-3H3,(H,26,27);2-4,7,9,13H,5-6,8H2,1H3/b;17-6+;17-6+,24-12?;8-7+,11-9+,12-10+;/t;2*15-,18?,20?,23?;18-,20?,22?,23?;/m.001./s1. The summed E-state index contributed by atoms with van der Waals surface area (Å²) in [5, 5.41) is 75.1. The minimum atomic E-state index is -0.821. The van der Waals surface area contributed by atoms with E-state index in [2.05, 4.69) is 262 Å². The van der Waals surface area contributed by atoms with Gasteiger partial charge in [-0.2, -0.15) is 35.7 Å². The van der Waals surface area contributed by atoms with E-state index >= 15 is 0 Å². The summed E-state index contributed by atoms with van der Waals surface area (Å²) in [6.07, 6.45) is 52.4. The third-order valence-corrected chi connectivity index (χ3v) is 27.3. The number of unbranched alkanes of at least 4 members (excludes halogenated alkanes) is 2. The monoisotopic (exact) mass is 1940 g/mol. The molecule has 4 aliphatic carbocycles. The van der Waals surface area contributed by atoms with Crippen molar-refractivity contribution in [3.05, 3.63) is 236 Å².